The van der Waals surface area contributed by atoms with Gasteiger partial charge in [0, 0.05) is 6.04 Å². The second kappa shape index (κ2) is 5.40. The molecular formula is C14H12F2N2O2S. The van der Waals surface area contributed by atoms with Gasteiger partial charge in [-0.1, -0.05) is 12.1 Å². The maximum absolute atomic E-state index is 12.2. The first-order valence-corrected chi connectivity index (χ1v) is 6.86. The fraction of sp³-hybridized carbons (Fsp3) is 0.286. The van der Waals surface area contributed by atoms with Gasteiger partial charge in [0.1, 0.15) is 11.4 Å². The van der Waals surface area contributed by atoms with E-state index in [1.165, 1.54) is 12.1 Å². The SMILES string of the molecule is O=C1C(=Cc2ccc(OC(F)F)cc2)NC(=S)N1C1CC1. The van der Waals surface area contributed by atoms with Gasteiger partial charge >= 0.3 is 6.61 Å². The Morgan fingerprint density at radius 1 is 1.33 bits per heavy atom. The number of hydrogen-bond acceptors (Lipinski definition) is 3. The Kier molecular flexibility index (Phi) is 3.59. The van der Waals surface area contributed by atoms with E-state index in [9.17, 15) is 13.6 Å². The molecule has 0 unspecified atom stereocenters. The van der Waals surface area contributed by atoms with E-state index < -0.39 is 6.61 Å². The first-order valence-electron chi connectivity index (χ1n) is 6.46. The lowest BCUT2D eigenvalue weighted by atomic mass is 10.2. The number of nitrogens with one attached hydrogen (secondary N) is 1. The average Bonchev–Trinajstić information content (AvgIpc) is 3.20. The van der Waals surface area contributed by atoms with Crippen LogP contribution in [-0.4, -0.2) is 28.6 Å². The highest BCUT2D eigenvalue weighted by molar-refractivity contribution is 7.80. The summed E-state index contributed by atoms with van der Waals surface area (Å²) in [7, 11) is 0. The Labute approximate surface area is 125 Å². The van der Waals surface area contributed by atoms with Crippen LogP contribution in [0.25, 0.3) is 6.08 Å². The summed E-state index contributed by atoms with van der Waals surface area (Å²) in [5.41, 5.74) is 1.10. The van der Waals surface area contributed by atoms with E-state index in [0.717, 1.165) is 12.8 Å². The minimum absolute atomic E-state index is 0.0768. The summed E-state index contributed by atoms with van der Waals surface area (Å²) in [5, 5.41) is 3.31. The zero-order valence-corrected chi connectivity index (χ0v) is 11.7. The molecule has 0 atom stereocenters. The third-order valence-corrected chi connectivity index (χ3v) is 3.54. The molecule has 1 heterocycles. The first-order chi connectivity index (χ1) is 10.0. The van der Waals surface area contributed by atoms with Crippen LogP contribution in [0.1, 0.15) is 18.4 Å². The monoisotopic (exact) mass is 310 g/mol. The molecule has 1 N–H and O–H groups in total. The van der Waals surface area contributed by atoms with Gasteiger partial charge in [-0.15, -0.1) is 0 Å². The van der Waals surface area contributed by atoms with E-state index in [1.807, 2.05) is 0 Å². The standard InChI is InChI=1S/C14H12F2N2O2S/c15-13(16)20-10-5-1-8(2-6-10)7-11-12(19)18(9-3-4-9)14(21)17-11/h1-2,5-7,9,13H,3-4H2,(H,17,21). The van der Waals surface area contributed by atoms with Crippen molar-refractivity contribution in [3.63, 3.8) is 0 Å². The van der Waals surface area contributed by atoms with Crippen molar-refractivity contribution >= 4 is 29.3 Å². The summed E-state index contributed by atoms with van der Waals surface area (Å²) in [5.74, 6) is -0.0663. The molecule has 21 heavy (non-hydrogen) atoms. The normalized spacial score (nSPS) is 20.3. The van der Waals surface area contributed by atoms with Crippen molar-refractivity contribution in [2.75, 3.05) is 0 Å². The Morgan fingerprint density at radius 3 is 2.57 bits per heavy atom. The number of alkyl halides is 2. The molecule has 2 fully saturated rings. The smallest absolute Gasteiger partial charge is 0.387 e. The van der Waals surface area contributed by atoms with Gasteiger partial charge in [0.05, 0.1) is 0 Å². The van der Waals surface area contributed by atoms with Crippen molar-refractivity contribution in [3.8, 4) is 5.75 Å². The molecule has 1 aliphatic carbocycles. The molecule has 1 aliphatic heterocycles. The number of benzene rings is 1. The number of hydrogen-bond donors (Lipinski definition) is 1. The molecule has 4 nitrogen and oxygen atoms in total. The van der Waals surface area contributed by atoms with Gasteiger partial charge in [-0.2, -0.15) is 8.78 Å². The summed E-state index contributed by atoms with van der Waals surface area (Å²) in [6.45, 7) is -2.85. The highest BCUT2D eigenvalue weighted by Gasteiger charge is 2.41. The minimum Gasteiger partial charge on any atom is -0.435 e. The van der Waals surface area contributed by atoms with E-state index in [1.54, 1.807) is 23.1 Å². The van der Waals surface area contributed by atoms with Crippen molar-refractivity contribution in [2.45, 2.75) is 25.5 Å². The van der Waals surface area contributed by atoms with Crippen LogP contribution in [0.15, 0.2) is 30.0 Å². The number of amides is 1. The molecule has 7 heteroatoms. The molecule has 2 aliphatic rings. The Balaban J connectivity index is 1.75. The van der Waals surface area contributed by atoms with E-state index in [-0.39, 0.29) is 17.7 Å². The highest BCUT2D eigenvalue weighted by atomic mass is 32.1. The number of rotatable bonds is 4. The molecule has 0 aromatic heterocycles. The number of nitrogens with zero attached hydrogens (tertiary/aromatic N) is 1. The van der Waals surface area contributed by atoms with Gasteiger partial charge in [0.2, 0.25) is 0 Å². The molecule has 1 saturated carbocycles. The molecule has 1 aromatic carbocycles. The lowest BCUT2D eigenvalue weighted by molar-refractivity contribution is -0.122. The van der Waals surface area contributed by atoms with Crippen molar-refractivity contribution in [1.29, 1.82) is 0 Å². The molecule has 1 amide bonds. The van der Waals surface area contributed by atoms with Gasteiger partial charge in [0.15, 0.2) is 5.11 Å². The van der Waals surface area contributed by atoms with Gasteiger partial charge < -0.3 is 10.1 Å². The highest BCUT2D eigenvalue weighted by Crippen LogP contribution is 2.31. The van der Waals surface area contributed by atoms with Gasteiger partial charge in [-0.25, -0.2) is 0 Å². The lowest BCUT2D eigenvalue weighted by Crippen LogP contribution is -2.32. The van der Waals surface area contributed by atoms with Gasteiger partial charge in [0.25, 0.3) is 5.91 Å². The fourth-order valence-electron chi connectivity index (χ4n) is 2.13. The Hall–Kier alpha value is -2.02. The summed E-state index contributed by atoms with van der Waals surface area (Å²) in [6.07, 6.45) is 3.59. The number of thiocarbonyl (C=S) groups is 1. The van der Waals surface area contributed by atoms with Crippen LogP contribution in [0.5, 0.6) is 5.75 Å². The molecular weight excluding hydrogens is 298 g/mol. The zero-order chi connectivity index (χ0) is 15.0. The largest absolute Gasteiger partial charge is 0.435 e. The Bertz CT molecular complexity index is 612. The number of carbonyl (C=O) groups is 1. The predicted octanol–water partition coefficient (Wildman–Crippen LogP) is 2.51. The van der Waals surface area contributed by atoms with Crippen LogP contribution >= 0.6 is 12.2 Å². The van der Waals surface area contributed by atoms with E-state index in [2.05, 4.69) is 10.1 Å². The number of carbonyl (C=O) groups excluding carboxylic acids is 1. The fourth-order valence-corrected chi connectivity index (χ4v) is 2.47. The first kappa shape index (κ1) is 13.9. The van der Waals surface area contributed by atoms with E-state index in [0.29, 0.717) is 16.4 Å². The third kappa shape index (κ3) is 3.02. The summed E-state index contributed by atoms with van der Waals surface area (Å²) in [4.78, 5) is 13.8. The quantitative estimate of drug-likeness (QED) is 0.685. The van der Waals surface area contributed by atoms with E-state index >= 15 is 0 Å². The van der Waals surface area contributed by atoms with Crippen LogP contribution < -0.4 is 10.1 Å². The summed E-state index contributed by atoms with van der Waals surface area (Å²) in [6, 6.07) is 6.26. The van der Waals surface area contributed by atoms with Gasteiger partial charge in [-0.3, -0.25) is 9.69 Å². The van der Waals surface area contributed by atoms with Crippen molar-refractivity contribution < 1.29 is 18.3 Å². The summed E-state index contributed by atoms with van der Waals surface area (Å²) >= 11 is 5.15. The lowest BCUT2D eigenvalue weighted by Gasteiger charge is -2.11. The molecule has 0 radical (unpaired) electrons. The number of ether oxygens (including phenoxy) is 1. The molecule has 1 saturated heterocycles. The third-order valence-electron chi connectivity index (χ3n) is 3.24. The zero-order valence-electron chi connectivity index (χ0n) is 10.9. The molecule has 0 bridgehead atoms. The van der Waals surface area contributed by atoms with Gasteiger partial charge in [-0.05, 0) is 48.8 Å². The van der Waals surface area contributed by atoms with Crippen LogP contribution in [0.2, 0.25) is 0 Å². The Morgan fingerprint density at radius 2 is 2.00 bits per heavy atom. The maximum atomic E-state index is 12.2. The summed E-state index contributed by atoms with van der Waals surface area (Å²) < 4.78 is 28.4. The molecule has 3 rings (SSSR count). The van der Waals surface area contributed by atoms with Crippen LogP contribution in [0.4, 0.5) is 8.78 Å². The van der Waals surface area contributed by atoms with Crippen LogP contribution in [0, 0.1) is 0 Å². The maximum Gasteiger partial charge on any atom is 0.387 e. The van der Waals surface area contributed by atoms with Crippen molar-refractivity contribution in [2.24, 2.45) is 0 Å². The van der Waals surface area contributed by atoms with Crippen LogP contribution in [0.3, 0.4) is 0 Å². The average molecular weight is 310 g/mol. The predicted molar refractivity (Wildman–Crippen MR) is 76.7 cm³/mol. The molecule has 0 spiro atoms. The second-order valence-corrected chi connectivity index (χ2v) is 5.23. The van der Waals surface area contributed by atoms with Crippen LogP contribution in [-0.2, 0) is 4.79 Å². The van der Waals surface area contributed by atoms with E-state index in [4.69, 9.17) is 12.2 Å². The van der Waals surface area contributed by atoms with Crippen molar-refractivity contribution in [3.05, 3.63) is 35.5 Å². The topological polar surface area (TPSA) is 41.6 Å². The number of halogens is 2. The second-order valence-electron chi connectivity index (χ2n) is 4.84. The van der Waals surface area contributed by atoms with Crippen molar-refractivity contribution in [1.82, 2.24) is 10.2 Å². The molecule has 1 aromatic rings. The minimum atomic E-state index is -2.85. The molecule has 110 valence electrons.